The van der Waals surface area contributed by atoms with E-state index in [1.54, 1.807) is 36.4 Å². The molecule has 1 amide bonds. The molecule has 25 heavy (non-hydrogen) atoms. The van der Waals surface area contributed by atoms with Gasteiger partial charge in [0.1, 0.15) is 0 Å². The van der Waals surface area contributed by atoms with Crippen molar-refractivity contribution in [2.75, 3.05) is 23.3 Å². The number of fused-ring (bicyclic) bond motifs is 1. The maximum atomic E-state index is 12.3. The van der Waals surface area contributed by atoms with Crippen molar-refractivity contribution in [2.24, 2.45) is 0 Å². The van der Waals surface area contributed by atoms with Gasteiger partial charge < -0.3 is 10.2 Å². The van der Waals surface area contributed by atoms with Gasteiger partial charge >= 0.3 is 0 Å². The highest BCUT2D eigenvalue weighted by atomic mass is 16.6. The van der Waals surface area contributed by atoms with Gasteiger partial charge in [-0.15, -0.1) is 0 Å². The van der Waals surface area contributed by atoms with Crippen LogP contribution in [0.4, 0.5) is 17.1 Å². The summed E-state index contributed by atoms with van der Waals surface area (Å²) in [6, 6.07) is 11.5. The molecule has 2 aromatic carbocycles. The minimum atomic E-state index is -0.419. The van der Waals surface area contributed by atoms with Gasteiger partial charge in [-0.2, -0.15) is 0 Å². The van der Waals surface area contributed by atoms with Crippen molar-refractivity contribution in [1.82, 2.24) is 0 Å². The summed E-state index contributed by atoms with van der Waals surface area (Å²) in [7, 11) is 0. The fourth-order valence-corrected chi connectivity index (χ4v) is 2.92. The van der Waals surface area contributed by atoms with Gasteiger partial charge in [-0.05, 0) is 37.1 Å². The van der Waals surface area contributed by atoms with E-state index in [1.165, 1.54) is 13.0 Å². The van der Waals surface area contributed by atoms with Crippen LogP contribution in [0, 0.1) is 10.1 Å². The lowest BCUT2D eigenvalue weighted by atomic mass is 10.1. The second-order valence-corrected chi connectivity index (χ2v) is 5.93. The summed E-state index contributed by atoms with van der Waals surface area (Å²) < 4.78 is 0. The van der Waals surface area contributed by atoms with Crippen LogP contribution in [0.2, 0.25) is 0 Å². The van der Waals surface area contributed by atoms with Crippen molar-refractivity contribution in [1.29, 1.82) is 0 Å². The molecule has 0 aromatic heterocycles. The Labute approximate surface area is 144 Å². The number of hydrogen-bond donors (Lipinski definition) is 1. The number of amides is 1. The van der Waals surface area contributed by atoms with E-state index in [1.807, 2.05) is 4.90 Å². The molecule has 1 aliphatic rings. The molecule has 0 radical (unpaired) electrons. The second kappa shape index (κ2) is 6.72. The van der Waals surface area contributed by atoms with Gasteiger partial charge in [0.15, 0.2) is 5.78 Å². The quantitative estimate of drug-likeness (QED) is 0.514. The van der Waals surface area contributed by atoms with Gasteiger partial charge in [0.2, 0.25) is 5.91 Å². The minimum absolute atomic E-state index is 0.0612. The van der Waals surface area contributed by atoms with Crippen LogP contribution in [0.5, 0.6) is 0 Å². The van der Waals surface area contributed by atoms with E-state index in [9.17, 15) is 19.7 Å². The zero-order valence-electron chi connectivity index (χ0n) is 13.7. The van der Waals surface area contributed by atoms with Crippen molar-refractivity contribution in [2.45, 2.75) is 13.3 Å². The Kier molecular flexibility index (Phi) is 4.47. The first-order valence-electron chi connectivity index (χ1n) is 7.87. The standard InChI is InChI=1S/C18H17N3O4/c1-12(22)13-3-2-4-15(9-13)19-18(23)11-20-8-7-14-10-16(21(24)25)5-6-17(14)20/h2-6,9-10H,7-8,11H2,1H3,(H,19,23). The molecule has 0 saturated carbocycles. The topological polar surface area (TPSA) is 92.6 Å². The van der Waals surface area contributed by atoms with Gasteiger partial charge in [-0.3, -0.25) is 19.7 Å². The predicted octanol–water partition coefficient (Wildman–Crippen LogP) is 2.80. The summed E-state index contributed by atoms with van der Waals surface area (Å²) >= 11 is 0. The Bertz CT molecular complexity index is 863. The summed E-state index contributed by atoms with van der Waals surface area (Å²) in [5.41, 5.74) is 2.89. The number of nitrogens with zero attached hydrogens (tertiary/aromatic N) is 2. The monoisotopic (exact) mass is 339 g/mol. The van der Waals surface area contributed by atoms with Crippen LogP contribution in [0.1, 0.15) is 22.8 Å². The number of rotatable bonds is 5. The van der Waals surface area contributed by atoms with Crippen LogP contribution in [0.15, 0.2) is 42.5 Å². The highest BCUT2D eigenvalue weighted by Gasteiger charge is 2.23. The fourth-order valence-electron chi connectivity index (χ4n) is 2.92. The molecule has 0 aliphatic carbocycles. The highest BCUT2D eigenvalue weighted by Crippen LogP contribution is 2.31. The third-order valence-corrected chi connectivity index (χ3v) is 4.15. The molecule has 1 N–H and O–H groups in total. The molecule has 0 unspecified atom stereocenters. The maximum absolute atomic E-state index is 12.3. The smallest absolute Gasteiger partial charge is 0.269 e. The normalized spacial score (nSPS) is 12.6. The van der Waals surface area contributed by atoms with Crippen LogP contribution in [0.25, 0.3) is 0 Å². The predicted molar refractivity (Wildman–Crippen MR) is 94.1 cm³/mol. The number of benzene rings is 2. The molecular weight excluding hydrogens is 322 g/mol. The van der Waals surface area contributed by atoms with Crippen molar-refractivity contribution >= 4 is 28.8 Å². The number of nitro groups is 1. The molecule has 0 fully saturated rings. The van der Waals surface area contributed by atoms with Crippen molar-refractivity contribution in [3.63, 3.8) is 0 Å². The third-order valence-electron chi connectivity index (χ3n) is 4.15. The summed E-state index contributed by atoms with van der Waals surface area (Å²) in [4.78, 5) is 36.0. The Morgan fingerprint density at radius 2 is 2.04 bits per heavy atom. The van der Waals surface area contributed by atoms with E-state index in [0.29, 0.717) is 24.2 Å². The molecule has 1 aliphatic heterocycles. The number of hydrogen-bond acceptors (Lipinski definition) is 5. The molecule has 7 heteroatoms. The van der Waals surface area contributed by atoms with Crippen LogP contribution in [0.3, 0.4) is 0 Å². The number of non-ortho nitro benzene ring substituents is 1. The first kappa shape index (κ1) is 16.6. The Morgan fingerprint density at radius 3 is 2.76 bits per heavy atom. The number of carbonyl (C=O) groups is 2. The summed E-state index contributed by atoms with van der Waals surface area (Å²) in [6.45, 7) is 2.26. The van der Waals surface area contributed by atoms with Crippen LogP contribution in [-0.2, 0) is 11.2 Å². The Balaban J connectivity index is 1.68. The average Bonchev–Trinajstić information content (AvgIpc) is 2.97. The van der Waals surface area contributed by atoms with E-state index in [2.05, 4.69) is 5.32 Å². The van der Waals surface area contributed by atoms with E-state index >= 15 is 0 Å². The molecule has 0 saturated heterocycles. The fraction of sp³-hybridized carbons (Fsp3) is 0.222. The van der Waals surface area contributed by atoms with Gasteiger partial charge in [0.05, 0.1) is 11.5 Å². The zero-order valence-corrected chi connectivity index (χ0v) is 13.7. The number of ketones is 1. The number of anilines is 2. The summed E-state index contributed by atoms with van der Waals surface area (Å²) in [6.07, 6.45) is 0.671. The van der Waals surface area contributed by atoms with Gasteiger partial charge in [0, 0.05) is 35.6 Å². The van der Waals surface area contributed by atoms with Crippen molar-refractivity contribution in [3.05, 3.63) is 63.7 Å². The lowest BCUT2D eigenvalue weighted by molar-refractivity contribution is -0.384. The first-order chi connectivity index (χ1) is 11.9. The summed E-state index contributed by atoms with van der Waals surface area (Å²) in [5.74, 6) is -0.266. The second-order valence-electron chi connectivity index (χ2n) is 5.93. The lowest BCUT2D eigenvalue weighted by Gasteiger charge is -2.18. The molecule has 2 aromatic rings. The first-order valence-corrected chi connectivity index (χ1v) is 7.87. The minimum Gasteiger partial charge on any atom is -0.362 e. The zero-order chi connectivity index (χ0) is 18.0. The van der Waals surface area contributed by atoms with Crippen LogP contribution < -0.4 is 10.2 Å². The van der Waals surface area contributed by atoms with Gasteiger partial charge in [0.25, 0.3) is 5.69 Å². The third kappa shape index (κ3) is 3.65. The van der Waals surface area contributed by atoms with Crippen LogP contribution in [-0.4, -0.2) is 29.7 Å². The average molecular weight is 339 g/mol. The molecular formula is C18H17N3O4. The SMILES string of the molecule is CC(=O)c1cccc(NC(=O)CN2CCc3cc([N+](=O)[O-])ccc32)c1. The number of carbonyl (C=O) groups excluding carboxylic acids is 2. The largest absolute Gasteiger partial charge is 0.362 e. The van der Waals surface area contributed by atoms with Gasteiger partial charge in [-0.1, -0.05) is 12.1 Å². The maximum Gasteiger partial charge on any atom is 0.269 e. The molecule has 1 heterocycles. The number of nitro benzene ring substituents is 1. The molecule has 0 bridgehead atoms. The van der Waals surface area contributed by atoms with E-state index in [-0.39, 0.29) is 23.9 Å². The van der Waals surface area contributed by atoms with E-state index in [0.717, 1.165) is 11.3 Å². The molecule has 3 rings (SSSR count). The number of Topliss-reactive ketones (excluding diaryl/α,β-unsaturated/α-hetero) is 1. The molecule has 128 valence electrons. The summed E-state index contributed by atoms with van der Waals surface area (Å²) in [5, 5.41) is 13.6. The molecule has 0 spiro atoms. The molecule has 7 nitrogen and oxygen atoms in total. The Hall–Kier alpha value is -3.22. The van der Waals surface area contributed by atoms with Crippen molar-refractivity contribution < 1.29 is 14.5 Å². The molecule has 0 atom stereocenters. The highest BCUT2D eigenvalue weighted by molar-refractivity contribution is 5.98. The van der Waals surface area contributed by atoms with Gasteiger partial charge in [-0.25, -0.2) is 0 Å². The van der Waals surface area contributed by atoms with E-state index in [4.69, 9.17) is 0 Å². The number of nitrogens with one attached hydrogen (secondary N) is 1. The van der Waals surface area contributed by atoms with Crippen LogP contribution >= 0.6 is 0 Å². The van der Waals surface area contributed by atoms with E-state index < -0.39 is 4.92 Å². The Morgan fingerprint density at radius 1 is 1.24 bits per heavy atom. The van der Waals surface area contributed by atoms with Crippen molar-refractivity contribution in [3.8, 4) is 0 Å². The lowest BCUT2D eigenvalue weighted by Crippen LogP contribution is -2.31.